The Balaban J connectivity index is 0.00000900. The number of carbonyl (C=O) groups is 1. The van der Waals surface area contributed by atoms with Gasteiger partial charge < -0.3 is 29.8 Å². The van der Waals surface area contributed by atoms with E-state index in [1.54, 1.807) is 0 Å². The Kier molecular flexibility index (Phi) is 20.9. The van der Waals surface area contributed by atoms with Crippen LogP contribution in [-0.2, 0) is 25.5 Å². The Hall–Kier alpha value is -1.38. The summed E-state index contributed by atoms with van der Waals surface area (Å²) >= 11 is 0. The number of aliphatic carboxylic acids is 1. The van der Waals surface area contributed by atoms with Gasteiger partial charge in [-0.3, -0.25) is 4.79 Å². The Bertz CT molecular complexity index is 529. The highest BCUT2D eigenvalue weighted by atomic mass is 35.5. The van der Waals surface area contributed by atoms with Crippen molar-refractivity contribution in [3.8, 4) is 5.75 Å². The third-order valence-corrected chi connectivity index (χ3v) is 4.53. The first-order chi connectivity index (χ1) is 14.7. The first-order valence-corrected chi connectivity index (χ1v) is 11.1. The van der Waals surface area contributed by atoms with E-state index in [9.17, 15) is 4.79 Å². The average molecular weight is 462 g/mol. The molecular weight excluding hydrogens is 422 g/mol. The molecule has 31 heavy (non-hydrogen) atoms. The fourth-order valence-electron chi connectivity index (χ4n) is 2.77. The van der Waals surface area contributed by atoms with Gasteiger partial charge >= 0.3 is 5.97 Å². The van der Waals surface area contributed by atoms with E-state index in [1.165, 1.54) is 0 Å². The van der Waals surface area contributed by atoms with Crippen molar-refractivity contribution >= 4 is 18.4 Å². The minimum absolute atomic E-state index is 0. The van der Waals surface area contributed by atoms with E-state index in [2.05, 4.69) is 0 Å². The molecule has 0 aliphatic carbocycles. The van der Waals surface area contributed by atoms with E-state index in [-0.39, 0.29) is 18.8 Å². The van der Waals surface area contributed by atoms with Crippen molar-refractivity contribution in [2.45, 2.75) is 57.9 Å². The number of hydrogen-bond donors (Lipinski definition) is 2. The van der Waals surface area contributed by atoms with E-state index >= 15 is 0 Å². The Morgan fingerprint density at radius 3 is 1.71 bits per heavy atom. The largest absolute Gasteiger partial charge is 0.494 e. The highest BCUT2D eigenvalue weighted by Crippen LogP contribution is 2.12. The lowest BCUT2D eigenvalue weighted by Gasteiger charge is -2.08. The molecule has 1 aromatic carbocycles. The van der Waals surface area contributed by atoms with Gasteiger partial charge in [0.05, 0.1) is 33.0 Å². The van der Waals surface area contributed by atoms with Crippen LogP contribution < -0.4 is 10.5 Å². The van der Waals surface area contributed by atoms with Gasteiger partial charge in [0.1, 0.15) is 5.75 Å². The number of unbranched alkanes of at least 4 members (excludes halogenated alkanes) is 5. The van der Waals surface area contributed by atoms with Crippen molar-refractivity contribution in [1.29, 1.82) is 0 Å². The number of halogens is 1. The van der Waals surface area contributed by atoms with E-state index in [4.69, 9.17) is 29.8 Å². The zero-order valence-electron chi connectivity index (χ0n) is 18.6. The van der Waals surface area contributed by atoms with Crippen molar-refractivity contribution in [3.63, 3.8) is 0 Å². The van der Waals surface area contributed by atoms with Crippen LogP contribution in [0.3, 0.4) is 0 Å². The van der Waals surface area contributed by atoms with Crippen molar-refractivity contribution in [1.82, 2.24) is 0 Å². The first kappa shape index (κ1) is 29.6. The predicted octanol–water partition coefficient (Wildman–Crippen LogP) is 4.20. The summed E-state index contributed by atoms with van der Waals surface area (Å²) in [6, 6.07) is 7.93. The smallest absolute Gasteiger partial charge is 0.303 e. The molecule has 0 amide bonds. The molecule has 180 valence electrons. The molecule has 1 rings (SSSR count). The molecule has 3 N–H and O–H groups in total. The monoisotopic (exact) mass is 461 g/mol. The molecule has 0 fully saturated rings. The molecule has 0 spiro atoms. The summed E-state index contributed by atoms with van der Waals surface area (Å²) < 4.78 is 22.2. The summed E-state index contributed by atoms with van der Waals surface area (Å²) in [6.45, 7) is 5.03. The van der Waals surface area contributed by atoms with Gasteiger partial charge in [-0.1, -0.05) is 25.0 Å². The molecule has 0 heterocycles. The second kappa shape index (κ2) is 21.8. The molecule has 0 saturated carbocycles. The lowest BCUT2D eigenvalue weighted by molar-refractivity contribution is -0.137. The second-order valence-corrected chi connectivity index (χ2v) is 7.15. The summed E-state index contributed by atoms with van der Waals surface area (Å²) in [5.74, 6) is 0.166. The number of carboxylic acid groups (broad SMARTS) is 1. The van der Waals surface area contributed by atoms with Crippen molar-refractivity contribution < 1.29 is 28.8 Å². The average Bonchev–Trinajstić information content (AvgIpc) is 2.75. The molecule has 0 radical (unpaired) electrons. The van der Waals surface area contributed by atoms with Crippen LogP contribution in [0.25, 0.3) is 0 Å². The minimum Gasteiger partial charge on any atom is -0.494 e. The van der Waals surface area contributed by atoms with Gasteiger partial charge in [0.2, 0.25) is 0 Å². The quantitative estimate of drug-likeness (QED) is 0.264. The normalized spacial score (nSPS) is 10.6. The SMILES string of the molecule is Cl.NCc1ccc(OCCCCCCOCCOCCOCCCCCC(=O)O)cc1. The number of nitrogens with two attached hydrogens (primary N) is 1. The van der Waals surface area contributed by atoms with Crippen LogP contribution in [0, 0.1) is 0 Å². The number of rotatable bonds is 21. The number of hydrogen-bond acceptors (Lipinski definition) is 6. The van der Waals surface area contributed by atoms with E-state index < -0.39 is 5.97 Å². The maximum atomic E-state index is 10.4. The van der Waals surface area contributed by atoms with Gasteiger partial charge in [-0.25, -0.2) is 0 Å². The zero-order valence-corrected chi connectivity index (χ0v) is 19.4. The summed E-state index contributed by atoms with van der Waals surface area (Å²) in [4.78, 5) is 10.4. The number of benzene rings is 1. The van der Waals surface area contributed by atoms with Crippen LogP contribution in [0.1, 0.15) is 56.9 Å². The van der Waals surface area contributed by atoms with Crippen LogP contribution in [0.5, 0.6) is 5.75 Å². The lowest BCUT2D eigenvalue weighted by atomic mass is 10.2. The van der Waals surface area contributed by atoms with E-state index in [1.807, 2.05) is 24.3 Å². The Morgan fingerprint density at radius 2 is 1.19 bits per heavy atom. The Labute approximate surface area is 193 Å². The third kappa shape index (κ3) is 19.1. The minimum atomic E-state index is -0.734. The molecule has 0 unspecified atom stereocenters. The topological polar surface area (TPSA) is 100 Å². The van der Waals surface area contributed by atoms with Crippen LogP contribution in [0.15, 0.2) is 24.3 Å². The molecule has 7 nitrogen and oxygen atoms in total. The zero-order chi connectivity index (χ0) is 21.7. The first-order valence-electron chi connectivity index (χ1n) is 11.1. The molecule has 0 aliphatic rings. The second-order valence-electron chi connectivity index (χ2n) is 7.15. The van der Waals surface area contributed by atoms with Gasteiger partial charge in [0, 0.05) is 26.2 Å². The van der Waals surface area contributed by atoms with Crippen molar-refractivity contribution in [3.05, 3.63) is 29.8 Å². The molecule has 0 aromatic heterocycles. The lowest BCUT2D eigenvalue weighted by Crippen LogP contribution is -2.10. The molecule has 0 bridgehead atoms. The Morgan fingerprint density at radius 1 is 0.710 bits per heavy atom. The molecule has 1 aromatic rings. The standard InChI is InChI=1S/C23H39NO6.ClH/c24-20-21-9-11-22(12-10-21)30-15-7-2-1-5-13-27-16-18-29-19-17-28-14-6-3-4-8-23(25)26;/h9-12H,1-8,13-20,24H2,(H,25,26);1H. The number of carboxylic acids is 1. The van der Waals surface area contributed by atoms with E-state index in [0.717, 1.165) is 63.1 Å². The summed E-state index contributed by atoms with van der Waals surface area (Å²) in [5, 5.41) is 8.53. The third-order valence-electron chi connectivity index (χ3n) is 4.53. The van der Waals surface area contributed by atoms with Crippen molar-refractivity contribution in [2.75, 3.05) is 46.2 Å². The predicted molar refractivity (Wildman–Crippen MR) is 124 cm³/mol. The summed E-state index contributed by atoms with van der Waals surface area (Å²) in [7, 11) is 0. The fourth-order valence-corrected chi connectivity index (χ4v) is 2.77. The fraction of sp³-hybridized carbons (Fsp3) is 0.696. The highest BCUT2D eigenvalue weighted by Gasteiger charge is 1.98. The van der Waals surface area contributed by atoms with Crippen molar-refractivity contribution in [2.24, 2.45) is 5.73 Å². The number of ether oxygens (including phenoxy) is 4. The molecular formula is C23H40ClNO6. The van der Waals surface area contributed by atoms with Crippen LogP contribution in [-0.4, -0.2) is 57.3 Å². The van der Waals surface area contributed by atoms with Crippen LogP contribution in [0.2, 0.25) is 0 Å². The summed E-state index contributed by atoms with van der Waals surface area (Å²) in [6.07, 6.45) is 7.09. The van der Waals surface area contributed by atoms with Gasteiger partial charge in [0.15, 0.2) is 0 Å². The van der Waals surface area contributed by atoms with Gasteiger partial charge in [0.25, 0.3) is 0 Å². The summed E-state index contributed by atoms with van der Waals surface area (Å²) in [5.41, 5.74) is 6.69. The maximum absolute atomic E-state index is 10.4. The van der Waals surface area contributed by atoms with Gasteiger partial charge in [-0.15, -0.1) is 12.4 Å². The molecule has 8 heteroatoms. The molecule has 0 saturated heterocycles. The van der Waals surface area contributed by atoms with E-state index in [0.29, 0.717) is 46.0 Å². The van der Waals surface area contributed by atoms with Crippen LogP contribution in [0.4, 0.5) is 0 Å². The van der Waals surface area contributed by atoms with Gasteiger partial charge in [-0.2, -0.15) is 0 Å². The maximum Gasteiger partial charge on any atom is 0.303 e. The highest BCUT2D eigenvalue weighted by molar-refractivity contribution is 5.85. The van der Waals surface area contributed by atoms with Crippen LogP contribution >= 0.6 is 12.4 Å². The van der Waals surface area contributed by atoms with Gasteiger partial charge in [-0.05, 0) is 49.8 Å². The molecule has 0 atom stereocenters. The molecule has 0 aliphatic heterocycles.